The number of carbonyl (C=O) groups is 1. The molecule has 0 radical (unpaired) electrons. The molecule has 0 aliphatic heterocycles. The van der Waals surface area contributed by atoms with Crippen molar-refractivity contribution in [3.05, 3.63) is 53.6 Å². The molecule has 5 heteroatoms. The molecule has 0 bridgehead atoms. The van der Waals surface area contributed by atoms with Crippen molar-refractivity contribution in [2.75, 3.05) is 21.3 Å². The van der Waals surface area contributed by atoms with Gasteiger partial charge in [0.15, 0.2) is 17.6 Å². The highest BCUT2D eigenvalue weighted by Crippen LogP contribution is 2.28. The number of nitrogens with zero attached hydrogens (tertiary/aromatic N) is 1. The van der Waals surface area contributed by atoms with Crippen LogP contribution in [0.15, 0.2) is 42.5 Å². The van der Waals surface area contributed by atoms with Gasteiger partial charge in [-0.2, -0.15) is 0 Å². The Morgan fingerprint density at radius 1 is 1.04 bits per heavy atom. The summed E-state index contributed by atoms with van der Waals surface area (Å²) in [6.07, 6.45) is -0.564. The van der Waals surface area contributed by atoms with E-state index >= 15 is 0 Å². The molecule has 0 fully saturated rings. The van der Waals surface area contributed by atoms with Gasteiger partial charge in [-0.15, -0.1) is 0 Å². The van der Waals surface area contributed by atoms with Gasteiger partial charge in [0.05, 0.1) is 14.2 Å². The standard InChI is InChI=1S/C20H25NO4/c1-14-8-6-7-9-17(14)25-15(2)20(22)21(3)13-16-10-11-18(23-4)19(12-16)24-5/h6-12,15H,13H2,1-5H3/t15-/m0/s1. The Kier molecular flexibility index (Phi) is 6.28. The minimum Gasteiger partial charge on any atom is -0.493 e. The average molecular weight is 343 g/mol. The first-order chi connectivity index (χ1) is 12.0. The highest BCUT2D eigenvalue weighted by Gasteiger charge is 2.20. The number of ether oxygens (including phenoxy) is 3. The van der Waals surface area contributed by atoms with Crippen molar-refractivity contribution in [1.29, 1.82) is 0 Å². The summed E-state index contributed by atoms with van der Waals surface area (Å²) in [5, 5.41) is 0. The second-order valence-corrected chi connectivity index (χ2v) is 5.91. The molecule has 2 aromatic rings. The molecule has 2 rings (SSSR count). The molecule has 2 aromatic carbocycles. The third kappa shape index (κ3) is 4.66. The Bertz CT molecular complexity index is 729. The maximum Gasteiger partial charge on any atom is 0.263 e. The minimum atomic E-state index is -0.564. The van der Waals surface area contributed by atoms with Crippen LogP contribution < -0.4 is 14.2 Å². The van der Waals surface area contributed by atoms with Gasteiger partial charge in [-0.25, -0.2) is 0 Å². The third-order valence-corrected chi connectivity index (χ3v) is 3.99. The molecule has 0 spiro atoms. The summed E-state index contributed by atoms with van der Waals surface area (Å²) in [5.74, 6) is 1.95. The Morgan fingerprint density at radius 2 is 1.72 bits per heavy atom. The van der Waals surface area contributed by atoms with Gasteiger partial charge in [0.1, 0.15) is 5.75 Å². The fourth-order valence-corrected chi connectivity index (χ4v) is 2.57. The molecule has 0 aromatic heterocycles. The molecule has 1 atom stereocenters. The molecular weight excluding hydrogens is 318 g/mol. The quantitative estimate of drug-likeness (QED) is 0.773. The van der Waals surface area contributed by atoms with Gasteiger partial charge in [0, 0.05) is 13.6 Å². The number of likely N-dealkylation sites (N-methyl/N-ethyl adjacent to an activating group) is 1. The molecule has 0 N–H and O–H groups in total. The number of amides is 1. The molecule has 5 nitrogen and oxygen atoms in total. The van der Waals surface area contributed by atoms with Crippen LogP contribution in [0.5, 0.6) is 17.2 Å². The van der Waals surface area contributed by atoms with Crippen LogP contribution in [0.25, 0.3) is 0 Å². The summed E-state index contributed by atoms with van der Waals surface area (Å²) in [7, 11) is 4.95. The molecule has 0 aliphatic carbocycles. The fourth-order valence-electron chi connectivity index (χ4n) is 2.57. The first-order valence-electron chi connectivity index (χ1n) is 8.14. The van der Waals surface area contributed by atoms with Crippen LogP contribution in [0.1, 0.15) is 18.1 Å². The number of carbonyl (C=O) groups excluding carboxylic acids is 1. The van der Waals surface area contributed by atoms with E-state index in [1.165, 1.54) is 0 Å². The monoisotopic (exact) mass is 343 g/mol. The van der Waals surface area contributed by atoms with E-state index in [1.54, 1.807) is 33.1 Å². The molecule has 1 amide bonds. The zero-order chi connectivity index (χ0) is 18.4. The number of aryl methyl sites for hydroxylation is 1. The van der Waals surface area contributed by atoms with Gasteiger partial charge in [0.2, 0.25) is 0 Å². The zero-order valence-corrected chi connectivity index (χ0v) is 15.4. The summed E-state index contributed by atoms with van der Waals surface area (Å²) in [5.41, 5.74) is 1.96. The van der Waals surface area contributed by atoms with Crippen LogP contribution in [0.2, 0.25) is 0 Å². The van der Waals surface area contributed by atoms with Crippen LogP contribution in [0.3, 0.4) is 0 Å². The molecule has 134 valence electrons. The maximum atomic E-state index is 12.6. The molecule has 0 unspecified atom stereocenters. The van der Waals surface area contributed by atoms with E-state index in [0.717, 1.165) is 16.9 Å². The van der Waals surface area contributed by atoms with E-state index in [-0.39, 0.29) is 5.91 Å². The van der Waals surface area contributed by atoms with E-state index in [1.807, 2.05) is 49.4 Å². The topological polar surface area (TPSA) is 48.0 Å². The first kappa shape index (κ1) is 18.6. The number of methoxy groups -OCH3 is 2. The van der Waals surface area contributed by atoms with E-state index in [0.29, 0.717) is 18.0 Å². The van der Waals surface area contributed by atoms with Crippen LogP contribution in [0, 0.1) is 6.92 Å². The molecular formula is C20H25NO4. The second kappa shape index (κ2) is 8.42. The van der Waals surface area contributed by atoms with Crippen LogP contribution in [0.4, 0.5) is 0 Å². The minimum absolute atomic E-state index is 0.0852. The largest absolute Gasteiger partial charge is 0.493 e. The normalized spacial score (nSPS) is 11.6. The second-order valence-electron chi connectivity index (χ2n) is 5.91. The van der Waals surface area contributed by atoms with Crippen LogP contribution in [-0.2, 0) is 11.3 Å². The van der Waals surface area contributed by atoms with Crippen molar-refractivity contribution in [3.63, 3.8) is 0 Å². The number of benzene rings is 2. The highest BCUT2D eigenvalue weighted by atomic mass is 16.5. The average Bonchev–Trinajstić information content (AvgIpc) is 2.62. The van der Waals surface area contributed by atoms with Gasteiger partial charge in [-0.3, -0.25) is 4.79 Å². The van der Waals surface area contributed by atoms with Crippen LogP contribution >= 0.6 is 0 Å². The molecule has 0 saturated heterocycles. The van der Waals surface area contributed by atoms with Gasteiger partial charge in [0.25, 0.3) is 5.91 Å². The number of hydrogen-bond donors (Lipinski definition) is 0. The number of rotatable bonds is 7. The Hall–Kier alpha value is -2.69. The van der Waals surface area contributed by atoms with E-state index in [4.69, 9.17) is 14.2 Å². The summed E-state index contributed by atoms with van der Waals surface area (Å²) in [4.78, 5) is 14.2. The van der Waals surface area contributed by atoms with Gasteiger partial charge < -0.3 is 19.1 Å². The number of para-hydroxylation sites is 1. The van der Waals surface area contributed by atoms with E-state index in [9.17, 15) is 4.79 Å². The number of hydrogen-bond acceptors (Lipinski definition) is 4. The molecule has 0 heterocycles. The lowest BCUT2D eigenvalue weighted by atomic mass is 10.2. The van der Waals surface area contributed by atoms with Crippen molar-refractivity contribution < 1.29 is 19.0 Å². The SMILES string of the molecule is COc1ccc(CN(C)C(=O)[C@H](C)Oc2ccccc2C)cc1OC. The lowest BCUT2D eigenvalue weighted by molar-refractivity contribution is -0.137. The third-order valence-electron chi connectivity index (χ3n) is 3.99. The van der Waals surface area contributed by atoms with Gasteiger partial charge in [-0.05, 0) is 43.2 Å². The summed E-state index contributed by atoms with van der Waals surface area (Å²) in [6.45, 7) is 4.18. The Balaban J connectivity index is 2.03. The lowest BCUT2D eigenvalue weighted by Gasteiger charge is -2.23. The Labute approximate surface area is 149 Å². The molecule has 25 heavy (non-hydrogen) atoms. The van der Waals surface area contributed by atoms with Crippen LogP contribution in [-0.4, -0.2) is 38.2 Å². The van der Waals surface area contributed by atoms with Crippen molar-refractivity contribution >= 4 is 5.91 Å². The van der Waals surface area contributed by atoms with Gasteiger partial charge in [-0.1, -0.05) is 24.3 Å². The zero-order valence-electron chi connectivity index (χ0n) is 15.4. The van der Waals surface area contributed by atoms with Crippen molar-refractivity contribution in [2.45, 2.75) is 26.5 Å². The molecule has 0 aliphatic rings. The van der Waals surface area contributed by atoms with Gasteiger partial charge >= 0.3 is 0 Å². The lowest BCUT2D eigenvalue weighted by Crippen LogP contribution is -2.37. The summed E-state index contributed by atoms with van der Waals surface area (Å²) >= 11 is 0. The fraction of sp³-hybridized carbons (Fsp3) is 0.350. The summed E-state index contributed by atoms with van der Waals surface area (Å²) in [6, 6.07) is 13.3. The smallest absolute Gasteiger partial charge is 0.263 e. The highest BCUT2D eigenvalue weighted by molar-refractivity contribution is 5.80. The van der Waals surface area contributed by atoms with E-state index < -0.39 is 6.10 Å². The Morgan fingerprint density at radius 3 is 2.36 bits per heavy atom. The van der Waals surface area contributed by atoms with E-state index in [2.05, 4.69) is 0 Å². The molecule has 0 saturated carbocycles. The van der Waals surface area contributed by atoms with Crippen molar-refractivity contribution in [2.24, 2.45) is 0 Å². The predicted octanol–water partition coefficient (Wildman–Crippen LogP) is 3.44. The van der Waals surface area contributed by atoms with Crippen molar-refractivity contribution in [1.82, 2.24) is 4.90 Å². The maximum absolute atomic E-state index is 12.6. The first-order valence-corrected chi connectivity index (χ1v) is 8.14. The van der Waals surface area contributed by atoms with Crippen molar-refractivity contribution in [3.8, 4) is 17.2 Å². The predicted molar refractivity (Wildman–Crippen MR) is 97.3 cm³/mol. The summed E-state index contributed by atoms with van der Waals surface area (Å²) < 4.78 is 16.4.